The van der Waals surface area contributed by atoms with Gasteiger partial charge in [-0.05, 0) is 105 Å². The lowest BCUT2D eigenvalue weighted by Gasteiger charge is -2.10. The van der Waals surface area contributed by atoms with Gasteiger partial charge in [0.2, 0.25) is 0 Å². The summed E-state index contributed by atoms with van der Waals surface area (Å²) in [6.07, 6.45) is 24.5. The van der Waals surface area contributed by atoms with Crippen LogP contribution in [0.15, 0.2) is 97.1 Å². The zero-order chi connectivity index (χ0) is 31.8. The lowest BCUT2D eigenvalue weighted by atomic mass is 9.95. The lowest BCUT2D eigenvalue weighted by Crippen LogP contribution is -1.88. The van der Waals surface area contributed by atoms with Crippen molar-refractivity contribution in [3.05, 3.63) is 108 Å². The van der Waals surface area contributed by atoms with Gasteiger partial charge in [0.05, 0.1) is 0 Å². The number of hydrogen-bond acceptors (Lipinski definition) is 0. The smallest absolute Gasteiger partial charge is 0.0171 e. The largest absolute Gasteiger partial charge is 0.0654 e. The molecule has 5 rings (SSSR count). The molecule has 0 spiro atoms. The number of benzene rings is 5. The molecule has 5 aromatic carbocycles. The van der Waals surface area contributed by atoms with Crippen molar-refractivity contribution < 1.29 is 0 Å². The Morgan fingerprint density at radius 2 is 0.609 bits per heavy atom. The van der Waals surface area contributed by atoms with Gasteiger partial charge < -0.3 is 0 Å². The van der Waals surface area contributed by atoms with Gasteiger partial charge in [0.15, 0.2) is 0 Å². The Kier molecular flexibility index (Phi) is 13.8. The van der Waals surface area contributed by atoms with E-state index in [9.17, 15) is 0 Å². The number of unbranched alkanes of at least 4 members (excludes halogenated alkanes) is 14. The van der Waals surface area contributed by atoms with Crippen molar-refractivity contribution in [2.24, 2.45) is 0 Å². The highest BCUT2D eigenvalue weighted by atomic mass is 14.1. The maximum Gasteiger partial charge on any atom is -0.0171 e. The van der Waals surface area contributed by atoms with Crippen LogP contribution in [0.1, 0.15) is 128 Å². The summed E-state index contributed by atoms with van der Waals surface area (Å²) < 4.78 is 0. The first-order chi connectivity index (χ1) is 22.7. The first-order valence-electron chi connectivity index (χ1n) is 18.9. The van der Waals surface area contributed by atoms with Gasteiger partial charge >= 0.3 is 0 Å². The summed E-state index contributed by atoms with van der Waals surface area (Å²) in [5.74, 6) is 0. The molecule has 0 aliphatic rings. The summed E-state index contributed by atoms with van der Waals surface area (Å²) in [5.41, 5.74) is 8.15. The van der Waals surface area contributed by atoms with Crippen molar-refractivity contribution >= 4 is 21.5 Å². The van der Waals surface area contributed by atoms with E-state index in [2.05, 4.69) is 111 Å². The quantitative estimate of drug-likeness (QED) is 0.0607. The van der Waals surface area contributed by atoms with E-state index < -0.39 is 0 Å². The minimum atomic E-state index is 1.20. The predicted molar refractivity (Wildman–Crippen MR) is 205 cm³/mol. The first-order valence-corrected chi connectivity index (χ1v) is 18.9. The van der Waals surface area contributed by atoms with Gasteiger partial charge in [-0.25, -0.2) is 0 Å². The molecular weight excluding hydrogens is 553 g/mol. The standard InChI is InChI=1S/C46H58/c1-3-5-7-9-11-13-15-17-19-37-21-25-39(26-22-37)41-29-31-43-36-46-34-42(30-32-44(46)35-45(43)33-41)40-27-23-38(24-28-40)20-18-16-14-12-10-8-6-4-2/h21-36H,3-20H2,1-2H3. The zero-order valence-corrected chi connectivity index (χ0v) is 29.0. The Morgan fingerprint density at radius 1 is 0.283 bits per heavy atom. The fourth-order valence-electron chi connectivity index (χ4n) is 7.01. The van der Waals surface area contributed by atoms with Gasteiger partial charge in [0, 0.05) is 0 Å². The summed E-state index contributed by atoms with van der Waals surface area (Å²) in [5, 5.41) is 5.23. The number of hydrogen-bond donors (Lipinski definition) is 0. The van der Waals surface area contributed by atoms with Crippen LogP contribution in [0.2, 0.25) is 0 Å². The molecule has 0 atom stereocenters. The van der Waals surface area contributed by atoms with Crippen LogP contribution in [0.3, 0.4) is 0 Å². The Hall–Kier alpha value is -3.38. The highest BCUT2D eigenvalue weighted by Crippen LogP contribution is 2.31. The van der Waals surface area contributed by atoms with Crippen LogP contribution in [-0.4, -0.2) is 0 Å². The predicted octanol–water partition coefficient (Wildman–Crippen LogP) is 14.7. The summed E-state index contributed by atoms with van der Waals surface area (Å²) in [6.45, 7) is 4.58. The molecule has 0 heterocycles. The van der Waals surface area contributed by atoms with Gasteiger partial charge in [-0.2, -0.15) is 0 Å². The molecule has 0 amide bonds. The van der Waals surface area contributed by atoms with Gasteiger partial charge in [0.1, 0.15) is 0 Å². The van der Waals surface area contributed by atoms with Crippen molar-refractivity contribution in [1.29, 1.82) is 0 Å². The van der Waals surface area contributed by atoms with Crippen molar-refractivity contribution in [3.8, 4) is 22.3 Å². The van der Waals surface area contributed by atoms with Crippen LogP contribution < -0.4 is 0 Å². The molecular formula is C46H58. The molecule has 242 valence electrons. The van der Waals surface area contributed by atoms with Crippen LogP contribution in [0, 0.1) is 0 Å². The monoisotopic (exact) mass is 610 g/mol. The third-order valence-corrected chi connectivity index (χ3v) is 10.0. The van der Waals surface area contributed by atoms with Gasteiger partial charge in [-0.3, -0.25) is 0 Å². The molecule has 0 saturated carbocycles. The maximum atomic E-state index is 2.36. The van der Waals surface area contributed by atoms with E-state index in [1.54, 1.807) is 0 Å². The van der Waals surface area contributed by atoms with Crippen LogP contribution >= 0.6 is 0 Å². The molecule has 46 heavy (non-hydrogen) atoms. The molecule has 0 N–H and O–H groups in total. The molecule has 0 radical (unpaired) electrons. The third-order valence-electron chi connectivity index (χ3n) is 10.0. The van der Waals surface area contributed by atoms with Crippen molar-refractivity contribution in [2.45, 2.75) is 129 Å². The topological polar surface area (TPSA) is 0 Å². The second-order valence-electron chi connectivity index (χ2n) is 13.8. The fraction of sp³-hybridized carbons (Fsp3) is 0.435. The van der Waals surface area contributed by atoms with Crippen molar-refractivity contribution in [3.63, 3.8) is 0 Å². The van der Waals surface area contributed by atoms with E-state index in [-0.39, 0.29) is 0 Å². The summed E-state index contributed by atoms with van der Waals surface area (Å²) in [7, 11) is 0. The first kappa shape index (κ1) is 34.0. The fourth-order valence-corrected chi connectivity index (χ4v) is 7.01. The molecule has 0 nitrogen and oxygen atoms in total. The van der Waals surface area contributed by atoms with Gasteiger partial charge in [-0.15, -0.1) is 0 Å². The summed E-state index contributed by atoms with van der Waals surface area (Å²) in [4.78, 5) is 0. The van der Waals surface area contributed by atoms with Gasteiger partial charge in [0.25, 0.3) is 0 Å². The van der Waals surface area contributed by atoms with Gasteiger partial charge in [-0.1, -0.05) is 177 Å². The van der Waals surface area contributed by atoms with E-state index in [0.29, 0.717) is 0 Å². The summed E-state index contributed by atoms with van der Waals surface area (Å²) >= 11 is 0. The average molecular weight is 611 g/mol. The molecule has 0 bridgehead atoms. The molecule has 0 heteroatoms. The third kappa shape index (κ3) is 10.3. The van der Waals surface area contributed by atoms with E-state index in [0.717, 1.165) is 0 Å². The van der Waals surface area contributed by atoms with E-state index >= 15 is 0 Å². The second-order valence-corrected chi connectivity index (χ2v) is 13.8. The highest BCUT2D eigenvalue weighted by molar-refractivity contribution is 6.01. The molecule has 0 unspecified atom stereocenters. The van der Waals surface area contributed by atoms with Crippen LogP contribution in [0.5, 0.6) is 0 Å². The molecule has 0 aliphatic carbocycles. The molecule has 5 aromatic rings. The lowest BCUT2D eigenvalue weighted by molar-refractivity contribution is 0.575. The average Bonchev–Trinajstić information content (AvgIpc) is 3.10. The van der Waals surface area contributed by atoms with Crippen molar-refractivity contribution in [2.75, 3.05) is 0 Å². The minimum absolute atomic E-state index is 1.20. The van der Waals surface area contributed by atoms with Crippen LogP contribution in [0.25, 0.3) is 43.8 Å². The Balaban J connectivity index is 1.14. The Morgan fingerprint density at radius 3 is 0.978 bits per heavy atom. The molecule has 0 aromatic heterocycles. The minimum Gasteiger partial charge on any atom is -0.0654 e. The van der Waals surface area contributed by atoms with Crippen molar-refractivity contribution in [1.82, 2.24) is 0 Å². The van der Waals surface area contributed by atoms with E-state index in [4.69, 9.17) is 0 Å². The Bertz CT molecular complexity index is 1470. The number of fused-ring (bicyclic) bond motifs is 2. The van der Waals surface area contributed by atoms with E-state index in [1.807, 2.05) is 0 Å². The number of rotatable bonds is 20. The Labute approximate surface area is 280 Å². The molecule has 0 aliphatic heterocycles. The van der Waals surface area contributed by atoms with Crippen LogP contribution in [0.4, 0.5) is 0 Å². The SMILES string of the molecule is CCCCCCCCCCc1ccc(-c2ccc3cc4cc(-c5ccc(CCCCCCCCCC)cc5)ccc4cc3c2)cc1. The normalized spacial score (nSPS) is 11.5. The number of aryl methyl sites for hydroxylation is 2. The highest BCUT2D eigenvalue weighted by Gasteiger charge is 2.06. The zero-order valence-electron chi connectivity index (χ0n) is 29.0. The summed E-state index contributed by atoms with van der Waals surface area (Å²) in [6, 6.07) is 37.2. The van der Waals surface area contributed by atoms with E-state index in [1.165, 1.54) is 171 Å². The molecule has 0 saturated heterocycles. The second kappa shape index (κ2) is 18.7. The van der Waals surface area contributed by atoms with Crippen LogP contribution in [-0.2, 0) is 12.8 Å². The molecule has 0 fully saturated rings. The maximum absolute atomic E-state index is 2.36.